The van der Waals surface area contributed by atoms with Crippen LogP contribution in [0.25, 0.3) is 11.0 Å². The number of nitro groups is 1. The zero-order chi connectivity index (χ0) is 18.8. The molecule has 2 N–H and O–H groups in total. The highest BCUT2D eigenvalue weighted by Crippen LogP contribution is 2.22. The van der Waals surface area contributed by atoms with Gasteiger partial charge in [0.25, 0.3) is 5.69 Å². The molecule has 1 aromatic carbocycles. The number of H-pyrrole nitrogens is 2. The SMILES string of the molecule is CCOC(=O)c1ccn(Cc2cc([N+](=O)[O-])cc3[nH]c(=O)c(=O)[nH]c23)c1. The molecule has 10 nitrogen and oxygen atoms in total. The number of nitrogens with one attached hydrogen (secondary N) is 2. The lowest BCUT2D eigenvalue weighted by Gasteiger charge is -2.08. The predicted molar refractivity (Wildman–Crippen MR) is 91.3 cm³/mol. The maximum absolute atomic E-state index is 11.7. The van der Waals surface area contributed by atoms with Crippen molar-refractivity contribution in [3.63, 3.8) is 0 Å². The van der Waals surface area contributed by atoms with Gasteiger partial charge >= 0.3 is 17.1 Å². The second-order valence-corrected chi connectivity index (χ2v) is 5.49. The average Bonchev–Trinajstić information content (AvgIpc) is 3.05. The number of hydrogen-bond donors (Lipinski definition) is 2. The van der Waals surface area contributed by atoms with E-state index in [2.05, 4.69) is 9.97 Å². The monoisotopic (exact) mass is 358 g/mol. The van der Waals surface area contributed by atoms with Crippen LogP contribution in [0.4, 0.5) is 5.69 Å². The number of carbonyl (C=O) groups is 1. The Bertz CT molecular complexity index is 1120. The molecule has 10 heteroatoms. The lowest BCUT2D eigenvalue weighted by Crippen LogP contribution is -2.29. The third kappa shape index (κ3) is 3.24. The summed E-state index contributed by atoms with van der Waals surface area (Å²) < 4.78 is 6.53. The van der Waals surface area contributed by atoms with Crippen molar-refractivity contribution in [3.05, 3.63) is 72.5 Å². The van der Waals surface area contributed by atoms with Crippen LogP contribution in [-0.2, 0) is 11.3 Å². The summed E-state index contributed by atoms with van der Waals surface area (Å²) in [5.41, 5.74) is -0.796. The molecule has 3 aromatic rings. The zero-order valence-electron chi connectivity index (χ0n) is 13.6. The third-order valence-corrected chi connectivity index (χ3v) is 3.72. The van der Waals surface area contributed by atoms with Gasteiger partial charge in [-0.3, -0.25) is 19.7 Å². The molecule has 0 amide bonds. The summed E-state index contributed by atoms with van der Waals surface area (Å²) in [5, 5.41) is 11.1. The fourth-order valence-corrected chi connectivity index (χ4v) is 2.58. The number of rotatable bonds is 5. The molecule has 0 radical (unpaired) electrons. The molecule has 0 aliphatic heterocycles. The number of benzene rings is 1. The predicted octanol–water partition coefficient (Wildman–Crippen LogP) is 1.15. The molecule has 2 heterocycles. The molecule has 0 fully saturated rings. The number of nitro benzene ring substituents is 1. The van der Waals surface area contributed by atoms with Crippen molar-refractivity contribution < 1.29 is 14.5 Å². The fourth-order valence-electron chi connectivity index (χ4n) is 2.58. The number of carbonyl (C=O) groups excluding carboxylic acids is 1. The van der Waals surface area contributed by atoms with Crippen molar-refractivity contribution in [2.75, 3.05) is 6.61 Å². The Balaban J connectivity index is 2.07. The van der Waals surface area contributed by atoms with Crippen molar-refractivity contribution >= 4 is 22.7 Å². The van der Waals surface area contributed by atoms with Gasteiger partial charge in [0.05, 0.1) is 28.1 Å². The Morgan fingerprint density at radius 1 is 1.27 bits per heavy atom. The maximum atomic E-state index is 11.7. The highest BCUT2D eigenvalue weighted by molar-refractivity contribution is 5.89. The molecule has 0 saturated heterocycles. The summed E-state index contributed by atoms with van der Waals surface area (Å²) in [6.45, 7) is 2.08. The van der Waals surface area contributed by atoms with Crippen LogP contribution in [0, 0.1) is 10.1 Å². The van der Waals surface area contributed by atoms with Gasteiger partial charge in [-0.1, -0.05) is 0 Å². The van der Waals surface area contributed by atoms with Crippen molar-refractivity contribution in [3.8, 4) is 0 Å². The number of aromatic amines is 2. The van der Waals surface area contributed by atoms with Gasteiger partial charge in [0, 0.05) is 36.6 Å². The minimum Gasteiger partial charge on any atom is -0.462 e. The maximum Gasteiger partial charge on any atom is 0.339 e. The Morgan fingerprint density at radius 3 is 2.69 bits per heavy atom. The van der Waals surface area contributed by atoms with E-state index in [4.69, 9.17) is 4.74 Å². The molecule has 3 rings (SSSR count). The molecular formula is C16H14N4O6. The fraction of sp³-hybridized carbons (Fsp3) is 0.188. The summed E-state index contributed by atoms with van der Waals surface area (Å²) in [6, 6.07) is 4.04. The molecule has 0 bridgehead atoms. The molecular weight excluding hydrogens is 344 g/mol. The second-order valence-electron chi connectivity index (χ2n) is 5.49. The van der Waals surface area contributed by atoms with Crippen molar-refractivity contribution in [2.24, 2.45) is 0 Å². The van der Waals surface area contributed by atoms with Gasteiger partial charge in [-0.2, -0.15) is 0 Å². The van der Waals surface area contributed by atoms with Crippen LogP contribution < -0.4 is 11.1 Å². The van der Waals surface area contributed by atoms with E-state index in [9.17, 15) is 24.5 Å². The van der Waals surface area contributed by atoms with Gasteiger partial charge in [0.15, 0.2) is 0 Å². The lowest BCUT2D eigenvalue weighted by atomic mass is 10.1. The lowest BCUT2D eigenvalue weighted by molar-refractivity contribution is -0.384. The number of non-ortho nitro benzene ring substituents is 1. The Labute approximate surface area is 145 Å². The van der Waals surface area contributed by atoms with Crippen LogP contribution in [0.15, 0.2) is 40.2 Å². The second kappa shape index (κ2) is 6.67. The van der Waals surface area contributed by atoms with E-state index in [1.165, 1.54) is 18.3 Å². The van der Waals surface area contributed by atoms with E-state index < -0.39 is 22.0 Å². The largest absolute Gasteiger partial charge is 0.462 e. The Hall–Kier alpha value is -3.69. The van der Waals surface area contributed by atoms with E-state index in [0.717, 1.165) is 0 Å². The van der Waals surface area contributed by atoms with Crippen molar-refractivity contribution in [1.82, 2.24) is 14.5 Å². The normalized spacial score (nSPS) is 10.8. The Morgan fingerprint density at radius 2 is 2.00 bits per heavy atom. The quantitative estimate of drug-likeness (QED) is 0.303. The summed E-state index contributed by atoms with van der Waals surface area (Å²) in [4.78, 5) is 50.2. The number of fused-ring (bicyclic) bond motifs is 1. The first kappa shape index (κ1) is 17.1. The van der Waals surface area contributed by atoms with Crippen LogP contribution in [0.5, 0.6) is 0 Å². The molecule has 0 spiro atoms. The topological polar surface area (TPSA) is 140 Å². The standard InChI is InChI=1S/C16H14N4O6/c1-2-26-16(23)9-3-4-19(7-9)8-10-5-11(20(24)25)6-12-13(10)18-15(22)14(21)17-12/h3-7H,2,8H2,1H3,(H,17,21)(H,18,22). The van der Waals surface area contributed by atoms with Gasteiger partial charge in [0.1, 0.15) is 0 Å². The van der Waals surface area contributed by atoms with E-state index in [0.29, 0.717) is 11.1 Å². The number of ether oxygens (including phenoxy) is 1. The molecule has 0 aliphatic carbocycles. The molecule has 0 aliphatic rings. The summed E-state index contributed by atoms with van der Waals surface area (Å²) in [7, 11) is 0. The van der Waals surface area contributed by atoms with Gasteiger partial charge in [0.2, 0.25) is 0 Å². The first-order valence-electron chi connectivity index (χ1n) is 7.65. The van der Waals surface area contributed by atoms with Gasteiger partial charge < -0.3 is 19.3 Å². The minimum absolute atomic E-state index is 0.138. The first-order valence-corrected chi connectivity index (χ1v) is 7.65. The van der Waals surface area contributed by atoms with Gasteiger partial charge in [-0.05, 0) is 13.0 Å². The number of hydrogen-bond acceptors (Lipinski definition) is 6. The van der Waals surface area contributed by atoms with Crippen LogP contribution in [0.2, 0.25) is 0 Å². The first-order chi connectivity index (χ1) is 12.4. The number of esters is 1. The highest BCUT2D eigenvalue weighted by Gasteiger charge is 2.15. The van der Waals surface area contributed by atoms with Crippen LogP contribution in [-0.4, -0.2) is 32.0 Å². The molecule has 0 unspecified atom stereocenters. The summed E-state index contributed by atoms with van der Waals surface area (Å²) >= 11 is 0. The third-order valence-electron chi connectivity index (χ3n) is 3.72. The van der Waals surface area contributed by atoms with E-state index in [1.807, 2.05) is 0 Å². The Kier molecular flexibility index (Phi) is 4.40. The molecule has 26 heavy (non-hydrogen) atoms. The van der Waals surface area contributed by atoms with Crippen molar-refractivity contribution in [1.29, 1.82) is 0 Å². The number of aromatic nitrogens is 3. The smallest absolute Gasteiger partial charge is 0.339 e. The zero-order valence-corrected chi connectivity index (χ0v) is 13.6. The van der Waals surface area contributed by atoms with E-state index in [1.54, 1.807) is 23.8 Å². The molecule has 2 aromatic heterocycles. The van der Waals surface area contributed by atoms with E-state index in [-0.39, 0.29) is 29.9 Å². The molecule has 0 atom stereocenters. The van der Waals surface area contributed by atoms with Crippen molar-refractivity contribution in [2.45, 2.75) is 13.5 Å². The van der Waals surface area contributed by atoms with Gasteiger partial charge in [-0.15, -0.1) is 0 Å². The van der Waals surface area contributed by atoms with Crippen LogP contribution >= 0.6 is 0 Å². The molecule has 0 saturated carbocycles. The number of nitrogens with zero attached hydrogens (tertiary/aromatic N) is 2. The highest BCUT2D eigenvalue weighted by atomic mass is 16.6. The summed E-state index contributed by atoms with van der Waals surface area (Å²) in [6.07, 6.45) is 3.15. The average molecular weight is 358 g/mol. The summed E-state index contributed by atoms with van der Waals surface area (Å²) in [5.74, 6) is -0.479. The van der Waals surface area contributed by atoms with Gasteiger partial charge in [-0.25, -0.2) is 4.79 Å². The van der Waals surface area contributed by atoms with E-state index >= 15 is 0 Å². The minimum atomic E-state index is -0.894. The van der Waals surface area contributed by atoms with Crippen LogP contribution in [0.1, 0.15) is 22.8 Å². The van der Waals surface area contributed by atoms with Crippen LogP contribution in [0.3, 0.4) is 0 Å². The molecule has 134 valence electrons.